The topological polar surface area (TPSA) is 84.8 Å². The lowest BCUT2D eigenvalue weighted by Crippen LogP contribution is -2.22. The molecule has 3 aromatic carbocycles. The minimum Gasteiger partial charge on any atom is -0.497 e. The minimum atomic E-state index is -3.99. The van der Waals surface area contributed by atoms with E-state index in [1.807, 2.05) is 6.92 Å². The van der Waals surface area contributed by atoms with E-state index in [0.29, 0.717) is 28.1 Å². The highest BCUT2D eigenvalue weighted by atomic mass is 32.2. The second-order valence-electron chi connectivity index (χ2n) is 7.51. The number of carbonyl (C=O) groups is 1. The van der Waals surface area contributed by atoms with Crippen LogP contribution >= 0.6 is 0 Å². The highest BCUT2D eigenvalue weighted by molar-refractivity contribution is 7.90. The third-order valence-electron chi connectivity index (χ3n) is 5.17. The number of benzene rings is 3. The van der Waals surface area contributed by atoms with Gasteiger partial charge in [0.25, 0.3) is 10.0 Å². The third kappa shape index (κ3) is 4.20. The van der Waals surface area contributed by atoms with Gasteiger partial charge < -0.3 is 10.1 Å². The maximum Gasteiger partial charge on any atom is 0.283 e. The molecule has 0 heterocycles. The Kier molecular flexibility index (Phi) is 5.67. The van der Waals surface area contributed by atoms with Gasteiger partial charge in [0.2, 0.25) is 5.78 Å². The highest BCUT2D eigenvalue weighted by Gasteiger charge is 2.26. The molecule has 0 aliphatic heterocycles. The number of nitrogens with zero attached hydrogens (tertiary/aromatic N) is 1. The van der Waals surface area contributed by atoms with Crippen molar-refractivity contribution in [2.24, 2.45) is 4.40 Å². The molecule has 32 heavy (non-hydrogen) atoms. The molecule has 1 aliphatic carbocycles. The number of Topliss-reactive ketones (excluding diaryl/α,β-unsaturated/α-hetero) is 1. The van der Waals surface area contributed by atoms with Gasteiger partial charge in [0.15, 0.2) is 0 Å². The van der Waals surface area contributed by atoms with E-state index in [4.69, 9.17) is 4.74 Å². The molecular formula is C25H22N2O4S. The Bertz CT molecular complexity index is 1370. The summed E-state index contributed by atoms with van der Waals surface area (Å²) >= 11 is 0. The SMILES string of the molecule is COc1ccc(NC2=CC(=NS(=O)(=O)c3ccc(C)cc3C)c3ccccc3C2=O)cc1. The molecule has 1 N–H and O–H groups in total. The average Bonchev–Trinajstić information content (AvgIpc) is 2.77. The summed E-state index contributed by atoms with van der Waals surface area (Å²) in [5.74, 6) is 0.450. The number of ether oxygens (including phenoxy) is 1. The lowest BCUT2D eigenvalue weighted by molar-refractivity contribution is 0.103. The fourth-order valence-electron chi connectivity index (χ4n) is 3.60. The zero-order chi connectivity index (χ0) is 22.9. The van der Waals surface area contributed by atoms with Crippen LogP contribution in [0.15, 0.2) is 87.8 Å². The molecule has 0 saturated carbocycles. The lowest BCUT2D eigenvalue weighted by Gasteiger charge is -2.19. The van der Waals surface area contributed by atoms with Crippen molar-refractivity contribution in [3.63, 3.8) is 0 Å². The molecular weight excluding hydrogens is 424 g/mol. The lowest BCUT2D eigenvalue weighted by atomic mass is 9.92. The summed E-state index contributed by atoms with van der Waals surface area (Å²) in [6, 6.07) is 19.0. The monoisotopic (exact) mass is 446 g/mol. The van der Waals surface area contributed by atoms with E-state index in [9.17, 15) is 13.2 Å². The summed E-state index contributed by atoms with van der Waals surface area (Å²) < 4.78 is 35.5. The van der Waals surface area contributed by atoms with E-state index in [1.165, 1.54) is 6.08 Å². The molecule has 6 nitrogen and oxygen atoms in total. The number of allylic oxidation sites excluding steroid dienone is 2. The van der Waals surface area contributed by atoms with Crippen LogP contribution < -0.4 is 10.1 Å². The zero-order valence-corrected chi connectivity index (χ0v) is 18.7. The first-order valence-electron chi connectivity index (χ1n) is 9.97. The Morgan fingerprint density at radius 2 is 1.59 bits per heavy atom. The van der Waals surface area contributed by atoms with Gasteiger partial charge in [-0.15, -0.1) is 0 Å². The van der Waals surface area contributed by atoms with Crippen molar-refractivity contribution in [3.05, 3.63) is 101 Å². The average molecular weight is 447 g/mol. The summed E-state index contributed by atoms with van der Waals surface area (Å²) in [6.07, 6.45) is 1.48. The number of fused-ring (bicyclic) bond motifs is 1. The fourth-order valence-corrected chi connectivity index (χ4v) is 4.81. The van der Waals surface area contributed by atoms with Crippen molar-refractivity contribution < 1.29 is 17.9 Å². The minimum absolute atomic E-state index is 0.142. The number of sulfonamides is 1. The van der Waals surface area contributed by atoms with Gasteiger partial charge in [0.05, 0.1) is 23.4 Å². The van der Waals surface area contributed by atoms with Crippen molar-refractivity contribution in [1.82, 2.24) is 0 Å². The zero-order valence-electron chi connectivity index (χ0n) is 17.9. The third-order valence-corrected chi connectivity index (χ3v) is 6.62. The molecule has 0 aromatic heterocycles. The molecule has 4 rings (SSSR count). The fraction of sp³-hybridized carbons (Fsp3) is 0.120. The number of methoxy groups -OCH3 is 1. The van der Waals surface area contributed by atoms with Gasteiger partial charge in [0, 0.05) is 16.8 Å². The number of nitrogens with one attached hydrogen (secondary N) is 1. The maximum absolute atomic E-state index is 13.1. The van der Waals surface area contributed by atoms with Crippen molar-refractivity contribution in [2.45, 2.75) is 18.7 Å². The number of anilines is 1. The second kappa shape index (κ2) is 8.43. The molecule has 0 spiro atoms. The maximum atomic E-state index is 13.1. The Balaban J connectivity index is 1.80. The van der Waals surface area contributed by atoms with Crippen molar-refractivity contribution in [1.29, 1.82) is 0 Å². The summed E-state index contributed by atoms with van der Waals surface area (Å²) in [5.41, 5.74) is 3.57. The molecule has 1 aliphatic rings. The van der Waals surface area contributed by atoms with Crippen LogP contribution in [0.25, 0.3) is 0 Å². The smallest absolute Gasteiger partial charge is 0.283 e. The van der Waals surface area contributed by atoms with Gasteiger partial charge in [0.1, 0.15) is 5.75 Å². The van der Waals surface area contributed by atoms with Crippen LogP contribution in [0.3, 0.4) is 0 Å². The van der Waals surface area contributed by atoms with Gasteiger partial charge in [-0.3, -0.25) is 4.79 Å². The van der Waals surface area contributed by atoms with Crippen molar-refractivity contribution in [2.75, 3.05) is 12.4 Å². The first-order chi connectivity index (χ1) is 15.3. The standard InChI is InChI=1S/C25H22N2O4S/c1-16-8-13-24(17(2)14-16)32(29,30)27-22-15-23(25(28)21-7-5-4-6-20(21)22)26-18-9-11-19(31-3)12-10-18/h4-15,26H,1-3H3. The molecule has 3 aromatic rings. The van der Waals surface area contributed by atoms with Crippen LogP contribution in [-0.4, -0.2) is 27.0 Å². The van der Waals surface area contributed by atoms with Crippen LogP contribution in [0.4, 0.5) is 5.69 Å². The molecule has 0 atom stereocenters. The summed E-state index contributed by atoms with van der Waals surface area (Å²) in [7, 11) is -2.41. The number of carbonyl (C=O) groups excluding carboxylic acids is 1. The number of ketones is 1. The number of hydrogen-bond acceptors (Lipinski definition) is 5. The van der Waals surface area contributed by atoms with Crippen LogP contribution in [0.5, 0.6) is 5.75 Å². The normalized spacial score (nSPS) is 14.7. The van der Waals surface area contributed by atoms with Gasteiger partial charge in [-0.1, -0.05) is 42.0 Å². The molecule has 0 amide bonds. The van der Waals surface area contributed by atoms with Crippen LogP contribution in [0, 0.1) is 13.8 Å². The molecule has 162 valence electrons. The Labute approximate surface area is 187 Å². The molecule has 0 bridgehead atoms. The van der Waals surface area contributed by atoms with Gasteiger partial charge in [-0.25, -0.2) is 0 Å². The van der Waals surface area contributed by atoms with Crippen LogP contribution in [-0.2, 0) is 10.0 Å². The van der Waals surface area contributed by atoms with Gasteiger partial charge in [-0.05, 0) is 55.8 Å². The molecule has 0 fully saturated rings. The van der Waals surface area contributed by atoms with E-state index in [-0.39, 0.29) is 22.1 Å². The largest absolute Gasteiger partial charge is 0.497 e. The van der Waals surface area contributed by atoms with Gasteiger partial charge in [-0.2, -0.15) is 12.8 Å². The van der Waals surface area contributed by atoms with E-state index >= 15 is 0 Å². The second-order valence-corrected chi connectivity index (χ2v) is 9.08. The number of hydrogen-bond donors (Lipinski definition) is 1. The Hall–Kier alpha value is -3.71. The van der Waals surface area contributed by atoms with E-state index < -0.39 is 10.0 Å². The first-order valence-corrected chi connectivity index (χ1v) is 11.4. The first kappa shape index (κ1) is 21.5. The Morgan fingerprint density at radius 1 is 0.906 bits per heavy atom. The van der Waals surface area contributed by atoms with E-state index in [1.54, 1.807) is 80.8 Å². The predicted molar refractivity (Wildman–Crippen MR) is 125 cm³/mol. The molecule has 0 radical (unpaired) electrons. The molecule has 7 heteroatoms. The molecule has 0 saturated heterocycles. The van der Waals surface area contributed by atoms with Gasteiger partial charge >= 0.3 is 0 Å². The van der Waals surface area contributed by atoms with E-state index in [0.717, 1.165) is 5.56 Å². The predicted octanol–water partition coefficient (Wildman–Crippen LogP) is 4.68. The quantitative estimate of drug-likeness (QED) is 0.615. The van der Waals surface area contributed by atoms with E-state index in [2.05, 4.69) is 9.71 Å². The van der Waals surface area contributed by atoms with Crippen LogP contribution in [0.2, 0.25) is 0 Å². The van der Waals surface area contributed by atoms with Crippen molar-refractivity contribution in [3.8, 4) is 5.75 Å². The summed E-state index contributed by atoms with van der Waals surface area (Å²) in [4.78, 5) is 13.2. The Morgan fingerprint density at radius 3 is 2.25 bits per heavy atom. The summed E-state index contributed by atoms with van der Waals surface area (Å²) in [6.45, 7) is 3.64. The van der Waals surface area contributed by atoms with Crippen molar-refractivity contribution >= 4 is 27.2 Å². The highest BCUT2D eigenvalue weighted by Crippen LogP contribution is 2.26. The number of aryl methyl sites for hydroxylation is 2. The molecule has 0 unspecified atom stereocenters. The van der Waals surface area contributed by atoms with Crippen LogP contribution in [0.1, 0.15) is 27.0 Å². The number of rotatable bonds is 5. The summed E-state index contributed by atoms with van der Waals surface area (Å²) in [5, 5.41) is 3.08.